The fraction of sp³-hybridized carbons (Fsp3) is 0.735. The van der Waals surface area contributed by atoms with Crippen molar-refractivity contribution in [2.24, 2.45) is 17.8 Å². The van der Waals surface area contributed by atoms with E-state index in [0.29, 0.717) is 18.4 Å². The number of likely N-dealkylation sites (tertiary alicyclic amines) is 1. The Labute approximate surface area is 270 Å². The van der Waals surface area contributed by atoms with E-state index in [1.54, 1.807) is 13.8 Å². The summed E-state index contributed by atoms with van der Waals surface area (Å²) in [5.74, 6) is -0.763. The first-order chi connectivity index (χ1) is 20.8. The van der Waals surface area contributed by atoms with Gasteiger partial charge in [0.25, 0.3) is 0 Å². The summed E-state index contributed by atoms with van der Waals surface area (Å²) < 4.78 is 24.0. The summed E-state index contributed by atoms with van der Waals surface area (Å²) >= 11 is 0. The van der Waals surface area contributed by atoms with Gasteiger partial charge >= 0.3 is 0 Å². The number of carbonyl (C=O) groups excluding carboxylic acids is 3. The number of sulfone groups is 1. The second kappa shape index (κ2) is 14.9. The fourth-order valence-corrected chi connectivity index (χ4v) is 7.08. The molecule has 45 heavy (non-hydrogen) atoms. The van der Waals surface area contributed by atoms with Crippen molar-refractivity contribution in [1.82, 2.24) is 20.9 Å². The van der Waals surface area contributed by atoms with Crippen molar-refractivity contribution < 1.29 is 27.9 Å². The molecule has 6 atom stereocenters. The van der Waals surface area contributed by atoms with E-state index in [9.17, 15) is 27.9 Å². The van der Waals surface area contributed by atoms with Crippen molar-refractivity contribution in [1.29, 1.82) is 0 Å². The van der Waals surface area contributed by atoms with Crippen molar-refractivity contribution in [2.45, 2.75) is 122 Å². The summed E-state index contributed by atoms with van der Waals surface area (Å²) in [6, 6.07) is 6.81. The molecule has 0 radical (unpaired) electrons. The Morgan fingerprint density at radius 2 is 1.56 bits per heavy atom. The third-order valence-corrected chi connectivity index (χ3v) is 11.7. The molecule has 11 heteroatoms. The number of aliphatic hydroxyl groups excluding tert-OH is 1. The van der Waals surface area contributed by atoms with Crippen LogP contribution in [-0.2, 0) is 30.6 Å². The number of piperidine rings is 1. The smallest absolute Gasteiger partial charge is 0.244 e. The van der Waals surface area contributed by atoms with Gasteiger partial charge < -0.3 is 21.1 Å². The van der Waals surface area contributed by atoms with Crippen LogP contribution in [0.25, 0.3) is 0 Å². The highest BCUT2D eigenvalue weighted by Crippen LogP contribution is 2.39. The third kappa shape index (κ3) is 9.99. The molecular formula is C34H56N4O6S. The molecule has 6 unspecified atom stereocenters. The molecule has 4 N–H and O–H groups in total. The maximum atomic E-state index is 13.9. The summed E-state index contributed by atoms with van der Waals surface area (Å²) in [5, 5.41) is 20.5. The predicted molar refractivity (Wildman–Crippen MR) is 177 cm³/mol. The second-order valence-corrected chi connectivity index (χ2v) is 17.7. The van der Waals surface area contributed by atoms with E-state index in [0.717, 1.165) is 37.5 Å². The van der Waals surface area contributed by atoms with Crippen LogP contribution in [0.15, 0.2) is 30.3 Å². The maximum Gasteiger partial charge on any atom is 0.244 e. The Hall–Kier alpha value is -2.50. The largest absolute Gasteiger partial charge is 0.390 e. The first-order valence-corrected chi connectivity index (χ1v) is 18.3. The minimum absolute atomic E-state index is 0.0614. The van der Waals surface area contributed by atoms with E-state index < -0.39 is 62.1 Å². The van der Waals surface area contributed by atoms with Gasteiger partial charge in [-0.25, -0.2) is 8.42 Å². The molecule has 1 heterocycles. The second-order valence-electron chi connectivity index (χ2n) is 15.1. The zero-order valence-electron chi connectivity index (χ0n) is 28.4. The van der Waals surface area contributed by atoms with Gasteiger partial charge in [-0.2, -0.15) is 0 Å². The summed E-state index contributed by atoms with van der Waals surface area (Å²) in [4.78, 5) is 42.3. The molecule has 2 aliphatic rings. The molecule has 1 aromatic rings. The van der Waals surface area contributed by atoms with Crippen LogP contribution >= 0.6 is 0 Å². The molecule has 0 spiro atoms. The number of hydrogen-bond acceptors (Lipinski definition) is 7. The van der Waals surface area contributed by atoms with Gasteiger partial charge in [0.15, 0.2) is 9.84 Å². The van der Waals surface area contributed by atoms with Crippen molar-refractivity contribution >= 4 is 27.6 Å². The van der Waals surface area contributed by atoms with E-state index in [4.69, 9.17) is 0 Å². The summed E-state index contributed by atoms with van der Waals surface area (Å²) in [6.07, 6.45) is 5.48. The van der Waals surface area contributed by atoms with Crippen molar-refractivity contribution in [2.75, 3.05) is 19.3 Å². The number of benzene rings is 1. The number of nitrogens with one attached hydrogen (secondary N) is 3. The van der Waals surface area contributed by atoms with Crippen LogP contribution in [0, 0.1) is 17.8 Å². The number of fused-ring (bicyclic) bond motifs is 1. The van der Waals surface area contributed by atoms with Gasteiger partial charge in [-0.15, -0.1) is 0 Å². The van der Waals surface area contributed by atoms with Crippen LogP contribution in [0.5, 0.6) is 0 Å². The number of nitrogens with zero attached hydrogens (tertiary/aromatic N) is 1. The molecule has 254 valence electrons. The normalized spacial score (nSPS) is 23.4. The minimum atomic E-state index is -3.79. The van der Waals surface area contributed by atoms with Crippen LogP contribution in [0.1, 0.15) is 86.1 Å². The van der Waals surface area contributed by atoms with Crippen molar-refractivity contribution in [3.63, 3.8) is 0 Å². The lowest BCUT2D eigenvalue weighted by molar-refractivity contribution is -0.134. The van der Waals surface area contributed by atoms with Gasteiger partial charge in [0.2, 0.25) is 17.7 Å². The highest BCUT2D eigenvalue weighted by atomic mass is 32.2. The number of β-amino-alcohol motifs (C(OH)–C–C–N with tert-alkyl or cyclic N) is 1. The number of amides is 3. The molecular weight excluding hydrogens is 592 g/mol. The Bertz CT molecular complexity index is 1280. The molecule has 10 nitrogen and oxygen atoms in total. The van der Waals surface area contributed by atoms with Crippen LogP contribution in [-0.4, -0.2) is 90.0 Å². The molecule has 0 aromatic heterocycles. The van der Waals surface area contributed by atoms with Gasteiger partial charge in [-0.1, -0.05) is 63.4 Å². The maximum absolute atomic E-state index is 13.9. The minimum Gasteiger partial charge on any atom is -0.390 e. The average molecular weight is 649 g/mol. The van der Waals surface area contributed by atoms with Crippen LogP contribution < -0.4 is 16.0 Å². The van der Waals surface area contributed by atoms with E-state index in [1.165, 1.54) is 20.3 Å². The standard InChI is InChI=1S/C34H56N4O6S/c1-22(2)30(40)36-29(34(6,7)45(8,43)44)32(42)35-26(18-23-14-10-9-11-15-23)28(39)21-38-20-25-17-13-12-16-24(25)19-27(38)31(41)37-33(3,4)5/h9-11,14-15,22,24-29,39H,12-13,16-21H2,1-8H3,(H,35,42)(H,36,40)(H,37,41). The van der Waals surface area contributed by atoms with Gasteiger partial charge in [-0.3, -0.25) is 19.3 Å². The Morgan fingerprint density at radius 3 is 2.11 bits per heavy atom. The Morgan fingerprint density at radius 1 is 0.956 bits per heavy atom. The molecule has 3 amide bonds. The molecule has 1 saturated carbocycles. The molecule has 0 bridgehead atoms. The third-order valence-electron chi connectivity index (χ3n) is 9.54. The Kier molecular flexibility index (Phi) is 12.3. The lowest BCUT2D eigenvalue weighted by Crippen LogP contribution is -2.64. The van der Waals surface area contributed by atoms with Gasteiger partial charge in [0.1, 0.15) is 6.04 Å². The number of hydrogen-bond donors (Lipinski definition) is 4. The average Bonchev–Trinajstić information content (AvgIpc) is 2.93. The van der Waals surface area contributed by atoms with Crippen LogP contribution in [0.2, 0.25) is 0 Å². The molecule has 1 saturated heterocycles. The zero-order valence-corrected chi connectivity index (χ0v) is 29.2. The lowest BCUT2D eigenvalue weighted by Gasteiger charge is -2.47. The van der Waals surface area contributed by atoms with Gasteiger partial charge in [0.05, 0.1) is 22.9 Å². The Balaban J connectivity index is 1.92. The molecule has 1 aliphatic carbocycles. The predicted octanol–water partition coefficient (Wildman–Crippen LogP) is 2.83. The highest BCUT2D eigenvalue weighted by molar-refractivity contribution is 7.92. The number of aliphatic hydroxyl groups is 1. The highest BCUT2D eigenvalue weighted by Gasteiger charge is 2.46. The molecule has 1 aromatic carbocycles. The first-order valence-electron chi connectivity index (χ1n) is 16.4. The monoisotopic (exact) mass is 648 g/mol. The van der Waals surface area contributed by atoms with Crippen molar-refractivity contribution in [3.05, 3.63) is 35.9 Å². The molecule has 3 rings (SSSR count). The lowest BCUT2D eigenvalue weighted by atomic mass is 9.72. The van der Waals surface area contributed by atoms with Crippen LogP contribution in [0.4, 0.5) is 0 Å². The number of rotatable bonds is 12. The van der Waals surface area contributed by atoms with E-state index in [1.807, 2.05) is 51.1 Å². The first kappa shape index (κ1) is 37.0. The molecule has 1 aliphatic heterocycles. The number of carbonyl (C=O) groups is 3. The van der Waals surface area contributed by atoms with Gasteiger partial charge in [-0.05, 0) is 71.3 Å². The summed E-state index contributed by atoms with van der Waals surface area (Å²) in [5.41, 5.74) is 0.469. The summed E-state index contributed by atoms with van der Waals surface area (Å²) in [7, 11) is -3.79. The quantitative estimate of drug-likeness (QED) is 0.273. The fourth-order valence-electron chi connectivity index (χ4n) is 6.49. The van der Waals surface area contributed by atoms with E-state index in [-0.39, 0.29) is 18.9 Å². The molecule has 2 fully saturated rings. The van der Waals surface area contributed by atoms with Crippen molar-refractivity contribution in [3.8, 4) is 0 Å². The topological polar surface area (TPSA) is 145 Å². The SMILES string of the molecule is CC(C)C(=O)NC(C(=O)NC(Cc1ccccc1)C(O)CN1CC2CCCCC2CC1C(=O)NC(C)(C)C)C(C)(C)S(C)(=O)=O. The summed E-state index contributed by atoms with van der Waals surface area (Å²) in [6.45, 7) is 12.9. The van der Waals surface area contributed by atoms with Crippen LogP contribution in [0.3, 0.4) is 0 Å². The zero-order chi connectivity index (χ0) is 33.7. The van der Waals surface area contributed by atoms with Gasteiger partial charge in [0, 0.05) is 30.8 Å². The van der Waals surface area contributed by atoms with E-state index in [2.05, 4.69) is 20.9 Å². The van der Waals surface area contributed by atoms with E-state index >= 15 is 0 Å².